The average Bonchev–Trinajstić information content (AvgIpc) is 2.61. The maximum absolute atomic E-state index is 11.2. The third-order valence-corrected chi connectivity index (χ3v) is 5.00. The fourth-order valence-electron chi connectivity index (χ4n) is 3.51. The number of nitrogens with two attached hydrogens (primary N) is 1. The minimum absolute atomic E-state index is 0.173. The summed E-state index contributed by atoms with van der Waals surface area (Å²) < 4.78 is 16.8. The van der Waals surface area contributed by atoms with Crippen LogP contribution in [0, 0.1) is 5.92 Å². The molecule has 7 heteroatoms. The monoisotopic (exact) mass is 398 g/mol. The second-order valence-electron chi connectivity index (χ2n) is 7.63. The van der Waals surface area contributed by atoms with E-state index < -0.39 is 11.7 Å². The van der Waals surface area contributed by atoms with Gasteiger partial charge in [0.1, 0.15) is 5.60 Å². The van der Waals surface area contributed by atoms with Gasteiger partial charge in [0.05, 0.1) is 26.4 Å². The Kier molecular flexibility index (Phi) is 8.83. The Morgan fingerprint density at radius 2 is 2.15 bits per heavy atom. The summed E-state index contributed by atoms with van der Waals surface area (Å²) >= 11 is 6.11. The van der Waals surface area contributed by atoms with Gasteiger partial charge in [-0.25, -0.2) is 4.79 Å². The van der Waals surface area contributed by atoms with Crippen molar-refractivity contribution in [3.63, 3.8) is 0 Å². The van der Waals surface area contributed by atoms with Crippen molar-refractivity contribution < 1.29 is 19.0 Å². The first-order chi connectivity index (χ1) is 12.9. The van der Waals surface area contributed by atoms with Gasteiger partial charge in [0, 0.05) is 25.0 Å². The lowest BCUT2D eigenvalue weighted by molar-refractivity contribution is -0.0341. The maximum Gasteiger partial charge on any atom is 0.405 e. The van der Waals surface area contributed by atoms with Gasteiger partial charge in [-0.15, -0.1) is 11.6 Å². The van der Waals surface area contributed by atoms with Crippen molar-refractivity contribution in [3.8, 4) is 0 Å². The first-order valence-corrected chi connectivity index (χ1v) is 9.91. The topological polar surface area (TPSA) is 74.0 Å². The predicted molar refractivity (Wildman–Crippen MR) is 106 cm³/mol. The number of nitrogens with zero attached hydrogens (tertiary/aromatic N) is 1. The summed E-state index contributed by atoms with van der Waals surface area (Å²) in [7, 11) is 0. The number of rotatable bonds is 10. The van der Waals surface area contributed by atoms with Crippen LogP contribution in [0.4, 0.5) is 4.79 Å². The Hall–Kier alpha value is -1.34. The summed E-state index contributed by atoms with van der Waals surface area (Å²) in [4.78, 5) is 13.5. The largest absolute Gasteiger partial charge is 0.444 e. The van der Waals surface area contributed by atoms with E-state index in [2.05, 4.69) is 4.90 Å². The molecular weight excluding hydrogens is 368 g/mol. The molecule has 0 aliphatic carbocycles. The maximum atomic E-state index is 11.2. The number of ether oxygens (including phenoxy) is 3. The lowest BCUT2D eigenvalue weighted by Gasteiger charge is -2.38. The number of halogens is 1. The molecule has 1 aromatic carbocycles. The third kappa shape index (κ3) is 8.05. The Labute approximate surface area is 166 Å². The number of hydrogen-bond acceptors (Lipinski definition) is 5. The van der Waals surface area contributed by atoms with Crippen molar-refractivity contribution in [2.75, 3.05) is 38.8 Å². The molecule has 1 amide bonds. The molecule has 1 fully saturated rings. The summed E-state index contributed by atoms with van der Waals surface area (Å²) in [5.74, 6) is 0.700. The highest BCUT2D eigenvalue weighted by molar-refractivity contribution is 6.18. The molecule has 1 aromatic rings. The SMILES string of the molecule is CC(C)(C[C@H](COCc1ccccc1)CN1CCOC[C@@H]1CCl)OC(N)=O. The zero-order chi connectivity index (χ0) is 19.7. The van der Waals surface area contributed by atoms with Crippen LogP contribution in [0.3, 0.4) is 0 Å². The van der Waals surface area contributed by atoms with Crippen LogP contribution < -0.4 is 5.73 Å². The van der Waals surface area contributed by atoms with Crippen molar-refractivity contribution in [1.82, 2.24) is 4.90 Å². The molecule has 0 spiro atoms. The number of amides is 1. The van der Waals surface area contributed by atoms with Crippen LogP contribution in [0.5, 0.6) is 0 Å². The van der Waals surface area contributed by atoms with Crippen LogP contribution >= 0.6 is 11.6 Å². The van der Waals surface area contributed by atoms with E-state index in [0.717, 1.165) is 18.7 Å². The second-order valence-corrected chi connectivity index (χ2v) is 7.94. The van der Waals surface area contributed by atoms with E-state index in [9.17, 15) is 4.79 Å². The number of benzene rings is 1. The van der Waals surface area contributed by atoms with Crippen LogP contribution in [0.15, 0.2) is 30.3 Å². The van der Waals surface area contributed by atoms with Gasteiger partial charge in [-0.3, -0.25) is 4.90 Å². The van der Waals surface area contributed by atoms with Gasteiger partial charge in [0.25, 0.3) is 0 Å². The highest BCUT2D eigenvalue weighted by Crippen LogP contribution is 2.24. The van der Waals surface area contributed by atoms with Crippen molar-refractivity contribution in [2.45, 2.75) is 38.5 Å². The van der Waals surface area contributed by atoms with Crippen LogP contribution in [0.25, 0.3) is 0 Å². The van der Waals surface area contributed by atoms with Gasteiger partial charge in [0.15, 0.2) is 0 Å². The molecule has 6 nitrogen and oxygen atoms in total. The Bertz CT molecular complexity index is 570. The molecule has 0 bridgehead atoms. The molecule has 152 valence electrons. The van der Waals surface area contributed by atoms with Crippen molar-refractivity contribution in [1.29, 1.82) is 0 Å². The minimum Gasteiger partial charge on any atom is -0.444 e. The molecule has 0 saturated carbocycles. The van der Waals surface area contributed by atoms with Gasteiger partial charge in [-0.1, -0.05) is 30.3 Å². The minimum atomic E-state index is -0.756. The van der Waals surface area contributed by atoms with E-state index in [4.69, 9.17) is 31.5 Å². The summed E-state index contributed by atoms with van der Waals surface area (Å²) in [6.07, 6.45) is -0.106. The zero-order valence-corrected chi connectivity index (χ0v) is 17.0. The second kappa shape index (κ2) is 10.9. The smallest absolute Gasteiger partial charge is 0.405 e. The lowest BCUT2D eigenvalue weighted by atomic mass is 9.92. The summed E-state index contributed by atoms with van der Waals surface area (Å²) in [6.45, 7) is 7.85. The molecule has 0 unspecified atom stereocenters. The molecule has 0 aromatic heterocycles. The zero-order valence-electron chi connectivity index (χ0n) is 16.2. The van der Waals surface area contributed by atoms with Gasteiger partial charge in [-0.05, 0) is 31.7 Å². The van der Waals surface area contributed by atoms with Crippen LogP contribution in [-0.2, 0) is 20.8 Å². The van der Waals surface area contributed by atoms with Crippen LogP contribution in [-0.4, -0.2) is 61.4 Å². The summed E-state index contributed by atoms with van der Waals surface area (Å²) in [6, 6.07) is 10.3. The van der Waals surface area contributed by atoms with E-state index in [0.29, 0.717) is 38.7 Å². The van der Waals surface area contributed by atoms with Crippen LogP contribution in [0.2, 0.25) is 0 Å². The highest BCUT2D eigenvalue weighted by atomic mass is 35.5. The molecule has 2 rings (SSSR count). The van der Waals surface area contributed by atoms with Gasteiger partial charge >= 0.3 is 6.09 Å². The molecule has 1 saturated heterocycles. The van der Waals surface area contributed by atoms with E-state index in [1.807, 2.05) is 44.2 Å². The van der Waals surface area contributed by atoms with Crippen LogP contribution in [0.1, 0.15) is 25.8 Å². The fraction of sp³-hybridized carbons (Fsp3) is 0.650. The number of hydrogen-bond donors (Lipinski definition) is 1. The average molecular weight is 399 g/mol. The fourth-order valence-corrected chi connectivity index (χ4v) is 3.79. The number of morpholine rings is 1. The predicted octanol–water partition coefficient (Wildman–Crippen LogP) is 3.02. The molecule has 1 aliphatic heterocycles. The van der Waals surface area contributed by atoms with E-state index >= 15 is 0 Å². The standard InChI is InChI=1S/C20H31ClN2O4/c1-20(2,27-19(22)24)10-17(12-23-8-9-25-15-18(23)11-21)14-26-13-16-6-4-3-5-7-16/h3-7,17-18H,8-15H2,1-2H3,(H2,22,24)/t17-,18-/m0/s1. The van der Waals surface area contributed by atoms with Gasteiger partial charge < -0.3 is 19.9 Å². The molecular formula is C20H31ClN2O4. The molecule has 2 N–H and O–H groups in total. The third-order valence-electron chi connectivity index (χ3n) is 4.64. The molecule has 0 radical (unpaired) electrons. The van der Waals surface area contributed by atoms with Crippen molar-refractivity contribution >= 4 is 17.7 Å². The normalized spacial score (nSPS) is 19.6. The quantitative estimate of drug-likeness (QED) is 0.613. The Balaban J connectivity index is 1.97. The van der Waals surface area contributed by atoms with Gasteiger partial charge in [-0.2, -0.15) is 0 Å². The lowest BCUT2D eigenvalue weighted by Crippen LogP contribution is -2.49. The Morgan fingerprint density at radius 3 is 2.81 bits per heavy atom. The molecule has 2 atom stereocenters. The molecule has 27 heavy (non-hydrogen) atoms. The summed E-state index contributed by atoms with van der Waals surface area (Å²) in [5, 5.41) is 0. The number of carbonyl (C=O) groups is 1. The first kappa shape index (κ1) is 22.0. The highest BCUT2D eigenvalue weighted by Gasteiger charge is 2.30. The van der Waals surface area contributed by atoms with E-state index in [1.54, 1.807) is 0 Å². The molecule has 1 heterocycles. The van der Waals surface area contributed by atoms with Crippen molar-refractivity contribution in [2.24, 2.45) is 11.7 Å². The van der Waals surface area contributed by atoms with Crippen molar-refractivity contribution in [3.05, 3.63) is 35.9 Å². The van der Waals surface area contributed by atoms with E-state index in [-0.39, 0.29) is 12.0 Å². The summed E-state index contributed by atoms with van der Waals surface area (Å²) in [5.41, 5.74) is 5.70. The number of primary amides is 1. The van der Waals surface area contributed by atoms with Gasteiger partial charge in [0.2, 0.25) is 0 Å². The van der Waals surface area contributed by atoms with E-state index in [1.165, 1.54) is 0 Å². The number of alkyl halides is 1. The Morgan fingerprint density at radius 1 is 1.41 bits per heavy atom. The first-order valence-electron chi connectivity index (χ1n) is 9.37. The number of carbonyl (C=O) groups excluding carboxylic acids is 1. The molecule has 1 aliphatic rings.